The summed E-state index contributed by atoms with van der Waals surface area (Å²) in [6, 6.07) is -3.52. The third-order valence-corrected chi connectivity index (χ3v) is 4.37. The lowest BCUT2D eigenvalue weighted by Gasteiger charge is -2.23. The second-order valence-electron chi connectivity index (χ2n) is 7.24. The number of nitrogens with two attached hydrogens (primary N) is 4. The van der Waals surface area contributed by atoms with E-state index in [4.69, 9.17) is 22.9 Å². The van der Waals surface area contributed by atoms with Crippen molar-refractivity contribution in [1.82, 2.24) is 16.0 Å². The highest BCUT2D eigenvalue weighted by Crippen LogP contribution is 2.02. The maximum atomic E-state index is 12.4. The summed E-state index contributed by atoms with van der Waals surface area (Å²) in [6.07, 6.45) is 0.762. The van der Waals surface area contributed by atoms with Crippen LogP contribution in [0.4, 0.5) is 0 Å². The van der Waals surface area contributed by atoms with Crippen molar-refractivity contribution in [3.63, 3.8) is 0 Å². The fourth-order valence-corrected chi connectivity index (χ4v) is 2.59. The average Bonchev–Trinajstić information content (AvgIpc) is 2.71. The van der Waals surface area contributed by atoms with Gasteiger partial charge in [0.2, 0.25) is 17.7 Å². The molecule has 0 aliphatic heterocycles. The molecule has 0 aromatic carbocycles. The van der Waals surface area contributed by atoms with Gasteiger partial charge in [-0.25, -0.2) is 4.79 Å². The van der Waals surface area contributed by atoms with E-state index in [9.17, 15) is 29.4 Å². The summed E-state index contributed by atoms with van der Waals surface area (Å²) in [7, 11) is 0. The molecule has 0 aromatic heterocycles. The van der Waals surface area contributed by atoms with Gasteiger partial charge in [0.15, 0.2) is 5.96 Å². The van der Waals surface area contributed by atoms with Crippen molar-refractivity contribution in [2.45, 2.75) is 63.3 Å². The van der Waals surface area contributed by atoms with Gasteiger partial charge in [0.25, 0.3) is 0 Å². The summed E-state index contributed by atoms with van der Waals surface area (Å²) in [5, 5.41) is 26.0. The number of guanidine groups is 1. The van der Waals surface area contributed by atoms with Crippen LogP contribution < -0.4 is 38.9 Å². The van der Waals surface area contributed by atoms with Gasteiger partial charge in [-0.3, -0.25) is 19.4 Å². The zero-order valence-corrected chi connectivity index (χ0v) is 18.3. The van der Waals surface area contributed by atoms with E-state index < -0.39 is 54.5 Å². The van der Waals surface area contributed by atoms with Crippen LogP contribution in [0.5, 0.6) is 0 Å². The highest BCUT2D eigenvalue weighted by molar-refractivity contribution is 5.92. The summed E-state index contributed by atoms with van der Waals surface area (Å²) < 4.78 is 0. The molecule has 0 radical (unpaired) electrons. The fourth-order valence-electron chi connectivity index (χ4n) is 2.59. The molecule has 0 saturated carbocycles. The standard InChI is InChI=1S/C18H36N8O6/c1-10(27)14(16(30)25-12(17(31)32)6-4-8-23-18(21)22)26-13(28)9-24-15(29)11(20)5-2-3-7-19/h10-12,14,27H,2-9,19-20H2,1H3,(H,24,29)(H,25,30)(H,26,28)(H,31,32)(H4,21,22,23). The summed E-state index contributed by atoms with van der Waals surface area (Å²) in [5.41, 5.74) is 21.5. The Balaban J connectivity index is 4.73. The Bertz CT molecular complexity index is 653. The average molecular weight is 461 g/mol. The molecule has 0 aliphatic rings. The van der Waals surface area contributed by atoms with Crippen LogP contribution in [0.25, 0.3) is 0 Å². The molecule has 14 nitrogen and oxygen atoms in total. The summed E-state index contributed by atoms with van der Waals surface area (Å²) in [5.74, 6) is -3.63. The van der Waals surface area contributed by atoms with E-state index in [-0.39, 0.29) is 25.3 Å². The van der Waals surface area contributed by atoms with Crippen LogP contribution in [0.3, 0.4) is 0 Å². The van der Waals surface area contributed by atoms with Gasteiger partial charge < -0.3 is 49.1 Å². The monoisotopic (exact) mass is 460 g/mol. The summed E-state index contributed by atoms with van der Waals surface area (Å²) >= 11 is 0. The number of hydrogen-bond donors (Lipinski definition) is 9. The van der Waals surface area contributed by atoms with Gasteiger partial charge in [0.1, 0.15) is 12.1 Å². The number of amides is 3. The lowest BCUT2D eigenvalue weighted by molar-refractivity contribution is -0.143. The van der Waals surface area contributed by atoms with E-state index >= 15 is 0 Å². The Hall–Kier alpha value is -2.97. The van der Waals surface area contributed by atoms with Crippen molar-refractivity contribution in [2.24, 2.45) is 27.9 Å². The highest BCUT2D eigenvalue weighted by atomic mass is 16.4. The van der Waals surface area contributed by atoms with Gasteiger partial charge in [-0.1, -0.05) is 6.42 Å². The Kier molecular flexibility index (Phi) is 14.3. The number of unbranched alkanes of at least 4 members (excludes halogenated alkanes) is 1. The van der Waals surface area contributed by atoms with E-state index in [0.29, 0.717) is 19.4 Å². The van der Waals surface area contributed by atoms with Crippen molar-refractivity contribution in [2.75, 3.05) is 19.6 Å². The Morgan fingerprint density at radius 3 is 2.19 bits per heavy atom. The molecule has 0 rings (SSSR count). The highest BCUT2D eigenvalue weighted by Gasteiger charge is 2.29. The van der Waals surface area contributed by atoms with E-state index in [1.165, 1.54) is 6.92 Å². The maximum Gasteiger partial charge on any atom is 0.326 e. The number of carbonyl (C=O) groups is 4. The molecule has 4 atom stereocenters. The molecule has 0 heterocycles. The number of carbonyl (C=O) groups excluding carboxylic acids is 3. The number of nitrogens with one attached hydrogen (secondary N) is 3. The van der Waals surface area contributed by atoms with E-state index in [0.717, 1.165) is 6.42 Å². The molecule has 0 bridgehead atoms. The minimum absolute atomic E-state index is 0.0242. The van der Waals surface area contributed by atoms with Crippen LogP contribution in [0.15, 0.2) is 4.99 Å². The number of nitrogens with zero attached hydrogens (tertiary/aromatic N) is 1. The van der Waals surface area contributed by atoms with Gasteiger partial charge in [-0.2, -0.15) is 0 Å². The van der Waals surface area contributed by atoms with Gasteiger partial charge in [0.05, 0.1) is 18.7 Å². The zero-order chi connectivity index (χ0) is 24.7. The van der Waals surface area contributed by atoms with Crippen LogP contribution >= 0.6 is 0 Å². The number of aliphatic hydroxyl groups excluding tert-OH is 1. The molecule has 0 spiro atoms. The first-order valence-corrected chi connectivity index (χ1v) is 10.3. The molecule has 0 saturated heterocycles. The van der Waals surface area contributed by atoms with Gasteiger partial charge in [-0.15, -0.1) is 0 Å². The molecule has 0 aliphatic carbocycles. The molecule has 4 unspecified atom stereocenters. The molecule has 0 fully saturated rings. The molecule has 32 heavy (non-hydrogen) atoms. The van der Waals surface area contributed by atoms with E-state index in [2.05, 4.69) is 20.9 Å². The van der Waals surface area contributed by atoms with Crippen molar-refractivity contribution in [1.29, 1.82) is 0 Å². The third-order valence-electron chi connectivity index (χ3n) is 4.37. The molecule has 14 heteroatoms. The van der Waals surface area contributed by atoms with Crippen LogP contribution in [-0.4, -0.2) is 83.7 Å². The van der Waals surface area contributed by atoms with Crippen LogP contribution in [0, 0.1) is 0 Å². The predicted octanol–water partition coefficient (Wildman–Crippen LogP) is -3.95. The van der Waals surface area contributed by atoms with Gasteiger partial charge >= 0.3 is 5.97 Å². The fraction of sp³-hybridized carbons (Fsp3) is 0.722. The van der Waals surface area contributed by atoms with Crippen molar-refractivity contribution >= 4 is 29.7 Å². The summed E-state index contributed by atoms with van der Waals surface area (Å²) in [6.45, 7) is 1.44. The number of aliphatic hydroxyl groups is 1. The number of carboxylic acid groups (broad SMARTS) is 1. The van der Waals surface area contributed by atoms with Gasteiger partial charge in [0, 0.05) is 6.54 Å². The molecule has 184 valence electrons. The molecule has 0 aromatic rings. The zero-order valence-electron chi connectivity index (χ0n) is 18.3. The number of aliphatic carboxylic acids is 1. The second kappa shape index (κ2) is 15.8. The van der Waals surface area contributed by atoms with Crippen molar-refractivity contribution < 1.29 is 29.4 Å². The number of hydrogen-bond acceptors (Lipinski definition) is 8. The number of aliphatic imine (C=N–C) groups is 1. The molecular weight excluding hydrogens is 424 g/mol. The minimum atomic E-state index is -1.43. The smallest absolute Gasteiger partial charge is 0.326 e. The molecule has 3 amide bonds. The third kappa shape index (κ3) is 12.7. The topological polar surface area (TPSA) is 261 Å². The SMILES string of the molecule is CC(O)C(NC(=O)CNC(=O)C(N)CCCCN)C(=O)NC(CCCN=C(N)N)C(=O)O. The lowest BCUT2D eigenvalue weighted by atomic mass is 10.1. The normalized spacial score (nSPS) is 14.4. The Labute approximate surface area is 186 Å². The number of carboxylic acids is 1. The first kappa shape index (κ1) is 29.0. The molecular formula is C18H36N8O6. The summed E-state index contributed by atoms with van der Waals surface area (Å²) in [4.78, 5) is 51.6. The van der Waals surface area contributed by atoms with Crippen LogP contribution in [0.1, 0.15) is 39.0 Å². The van der Waals surface area contributed by atoms with Crippen LogP contribution in [-0.2, 0) is 19.2 Å². The quantitative estimate of drug-likeness (QED) is 0.0612. The van der Waals surface area contributed by atoms with E-state index in [1.54, 1.807) is 0 Å². The Morgan fingerprint density at radius 1 is 1.00 bits per heavy atom. The first-order valence-electron chi connectivity index (χ1n) is 10.3. The minimum Gasteiger partial charge on any atom is -0.480 e. The first-order chi connectivity index (χ1) is 15.0. The Morgan fingerprint density at radius 2 is 1.66 bits per heavy atom. The lowest BCUT2D eigenvalue weighted by Crippen LogP contribution is -2.57. The van der Waals surface area contributed by atoms with Crippen molar-refractivity contribution in [3.8, 4) is 0 Å². The van der Waals surface area contributed by atoms with Gasteiger partial charge in [-0.05, 0) is 39.2 Å². The predicted molar refractivity (Wildman–Crippen MR) is 117 cm³/mol. The maximum absolute atomic E-state index is 12.4. The van der Waals surface area contributed by atoms with E-state index in [1.807, 2.05) is 0 Å². The largest absolute Gasteiger partial charge is 0.480 e. The second-order valence-corrected chi connectivity index (χ2v) is 7.24. The molecule has 13 N–H and O–H groups in total. The van der Waals surface area contributed by atoms with Crippen molar-refractivity contribution in [3.05, 3.63) is 0 Å². The number of rotatable bonds is 16. The van der Waals surface area contributed by atoms with Crippen LogP contribution in [0.2, 0.25) is 0 Å².